The number of amides is 1. The summed E-state index contributed by atoms with van der Waals surface area (Å²) in [7, 11) is 0. The molecule has 1 amide bonds. The Kier molecular flexibility index (Phi) is 5.50. The number of thioether (sulfide) groups is 1. The molecule has 0 radical (unpaired) electrons. The Morgan fingerprint density at radius 3 is 2.88 bits per heavy atom. The maximum atomic E-state index is 11.8. The zero-order valence-corrected chi connectivity index (χ0v) is 11.2. The smallest absolute Gasteiger partial charge is 0.269 e. The second-order valence-corrected chi connectivity index (χ2v) is 4.89. The lowest BCUT2D eigenvalue weighted by atomic mass is 10.2. The fourth-order valence-electron chi connectivity index (χ4n) is 1.47. The Labute approximate surface area is 105 Å². The summed E-state index contributed by atoms with van der Waals surface area (Å²) < 4.78 is 0. The number of nitrogens with one attached hydrogen (secondary N) is 2. The zero-order chi connectivity index (χ0) is 12.8. The standard InChI is InChI=1S/C11H19N3O2S/c1-4-10-12-5-8(14-10)11(16)13-7(2)9(6-15)17-3/h5,7,9,15H,4,6H2,1-3H3,(H,12,14)(H,13,16). The largest absolute Gasteiger partial charge is 0.395 e. The molecule has 3 N–H and O–H groups in total. The van der Waals surface area contributed by atoms with E-state index in [0.29, 0.717) is 5.69 Å². The maximum absolute atomic E-state index is 11.8. The summed E-state index contributed by atoms with van der Waals surface area (Å²) in [6.07, 6.45) is 4.22. The second kappa shape index (κ2) is 6.66. The molecule has 0 aromatic carbocycles. The van der Waals surface area contributed by atoms with Gasteiger partial charge in [-0.1, -0.05) is 6.92 Å². The summed E-state index contributed by atoms with van der Waals surface area (Å²) in [6, 6.07) is -0.0872. The van der Waals surface area contributed by atoms with Crippen molar-refractivity contribution in [2.45, 2.75) is 31.6 Å². The van der Waals surface area contributed by atoms with Crippen LogP contribution >= 0.6 is 11.8 Å². The second-order valence-electron chi connectivity index (χ2n) is 3.82. The summed E-state index contributed by atoms with van der Waals surface area (Å²) in [5.74, 6) is 0.614. The normalized spacial score (nSPS) is 14.4. The molecule has 1 aromatic rings. The predicted octanol–water partition coefficient (Wildman–Crippen LogP) is 0.814. The Bertz CT molecular complexity index is 363. The van der Waals surface area contributed by atoms with Gasteiger partial charge in [0.1, 0.15) is 11.5 Å². The zero-order valence-electron chi connectivity index (χ0n) is 10.4. The molecule has 0 saturated heterocycles. The van der Waals surface area contributed by atoms with Crippen molar-refractivity contribution < 1.29 is 9.90 Å². The van der Waals surface area contributed by atoms with Gasteiger partial charge in [0.05, 0.1) is 12.8 Å². The Morgan fingerprint density at radius 2 is 2.41 bits per heavy atom. The van der Waals surface area contributed by atoms with Crippen LogP contribution < -0.4 is 5.32 Å². The highest BCUT2D eigenvalue weighted by Crippen LogP contribution is 2.10. The molecule has 0 bridgehead atoms. The van der Waals surface area contributed by atoms with Gasteiger partial charge in [-0.3, -0.25) is 4.79 Å². The number of H-pyrrole nitrogens is 1. The van der Waals surface area contributed by atoms with Crippen LogP contribution in [0.3, 0.4) is 0 Å². The first-order valence-electron chi connectivity index (χ1n) is 5.60. The number of aromatic nitrogens is 2. The molecule has 0 aliphatic carbocycles. The highest BCUT2D eigenvalue weighted by atomic mass is 32.2. The number of aryl methyl sites for hydroxylation is 1. The van der Waals surface area contributed by atoms with E-state index in [1.54, 1.807) is 0 Å². The molecule has 2 atom stereocenters. The molecule has 96 valence electrons. The molecule has 5 nitrogen and oxygen atoms in total. The van der Waals surface area contributed by atoms with E-state index < -0.39 is 0 Å². The van der Waals surface area contributed by atoms with E-state index >= 15 is 0 Å². The molecule has 1 aromatic heterocycles. The van der Waals surface area contributed by atoms with Crippen LogP contribution in [0.4, 0.5) is 0 Å². The average molecular weight is 257 g/mol. The van der Waals surface area contributed by atoms with E-state index in [-0.39, 0.29) is 23.8 Å². The van der Waals surface area contributed by atoms with E-state index in [9.17, 15) is 4.79 Å². The first-order valence-corrected chi connectivity index (χ1v) is 6.89. The van der Waals surface area contributed by atoms with Gasteiger partial charge in [0.25, 0.3) is 5.91 Å². The highest BCUT2D eigenvalue weighted by Gasteiger charge is 2.19. The highest BCUT2D eigenvalue weighted by molar-refractivity contribution is 7.99. The fourth-order valence-corrected chi connectivity index (χ4v) is 2.10. The first kappa shape index (κ1) is 14.1. The minimum absolute atomic E-state index is 0.00696. The van der Waals surface area contributed by atoms with Crippen molar-refractivity contribution in [3.8, 4) is 0 Å². The number of aliphatic hydroxyl groups excluding tert-OH is 1. The number of hydrogen-bond donors (Lipinski definition) is 3. The molecular weight excluding hydrogens is 238 g/mol. The van der Waals surface area contributed by atoms with Crippen molar-refractivity contribution in [1.29, 1.82) is 0 Å². The van der Waals surface area contributed by atoms with Gasteiger partial charge in [-0.25, -0.2) is 4.98 Å². The van der Waals surface area contributed by atoms with Crippen LogP contribution in [0, 0.1) is 0 Å². The van der Waals surface area contributed by atoms with Gasteiger partial charge in [-0.05, 0) is 13.2 Å². The van der Waals surface area contributed by atoms with Gasteiger partial charge in [0.15, 0.2) is 0 Å². The van der Waals surface area contributed by atoms with Crippen LogP contribution in [-0.4, -0.2) is 45.1 Å². The lowest BCUT2D eigenvalue weighted by Crippen LogP contribution is -2.41. The lowest BCUT2D eigenvalue weighted by molar-refractivity contribution is 0.0931. The molecule has 1 rings (SSSR count). The van der Waals surface area contributed by atoms with Crippen LogP contribution in [0.1, 0.15) is 30.2 Å². The molecule has 0 aliphatic heterocycles. The van der Waals surface area contributed by atoms with Crippen molar-refractivity contribution in [3.63, 3.8) is 0 Å². The summed E-state index contributed by atoms with van der Waals surface area (Å²) in [5.41, 5.74) is 0.464. The number of aliphatic hydroxyl groups is 1. The molecule has 6 heteroatoms. The number of carbonyl (C=O) groups excluding carboxylic acids is 1. The van der Waals surface area contributed by atoms with Crippen LogP contribution in [0.25, 0.3) is 0 Å². The van der Waals surface area contributed by atoms with E-state index in [0.717, 1.165) is 12.2 Å². The van der Waals surface area contributed by atoms with Crippen LogP contribution in [0.5, 0.6) is 0 Å². The monoisotopic (exact) mass is 257 g/mol. The van der Waals surface area contributed by atoms with Crippen LogP contribution in [0.15, 0.2) is 6.20 Å². The van der Waals surface area contributed by atoms with Crippen molar-refractivity contribution in [3.05, 3.63) is 17.7 Å². The van der Waals surface area contributed by atoms with Gasteiger partial charge < -0.3 is 15.4 Å². The molecule has 0 spiro atoms. The molecular formula is C11H19N3O2S. The Balaban J connectivity index is 2.59. The van der Waals surface area contributed by atoms with Crippen molar-refractivity contribution in [1.82, 2.24) is 15.3 Å². The quantitative estimate of drug-likeness (QED) is 0.705. The van der Waals surface area contributed by atoms with Crippen molar-refractivity contribution in [2.24, 2.45) is 0 Å². The summed E-state index contributed by atoms with van der Waals surface area (Å²) >= 11 is 1.53. The number of aromatic amines is 1. The first-order chi connectivity index (χ1) is 8.12. The fraction of sp³-hybridized carbons (Fsp3) is 0.636. The van der Waals surface area contributed by atoms with Gasteiger partial charge in [-0.2, -0.15) is 11.8 Å². The predicted molar refractivity (Wildman–Crippen MR) is 69.3 cm³/mol. The lowest BCUT2D eigenvalue weighted by Gasteiger charge is -2.20. The van der Waals surface area contributed by atoms with Crippen molar-refractivity contribution >= 4 is 17.7 Å². The van der Waals surface area contributed by atoms with E-state index in [1.807, 2.05) is 20.1 Å². The van der Waals surface area contributed by atoms with Gasteiger partial charge in [-0.15, -0.1) is 0 Å². The summed E-state index contributed by atoms with van der Waals surface area (Å²) in [5, 5.41) is 12.0. The van der Waals surface area contributed by atoms with Crippen molar-refractivity contribution in [2.75, 3.05) is 12.9 Å². The average Bonchev–Trinajstić information content (AvgIpc) is 2.79. The van der Waals surface area contributed by atoms with Gasteiger partial charge >= 0.3 is 0 Å². The third kappa shape index (κ3) is 3.74. The third-order valence-electron chi connectivity index (χ3n) is 2.61. The van der Waals surface area contributed by atoms with Crippen LogP contribution in [0.2, 0.25) is 0 Å². The Hall–Kier alpha value is -1.01. The molecule has 0 aliphatic rings. The molecule has 0 fully saturated rings. The number of rotatable bonds is 6. The minimum atomic E-state index is -0.183. The van der Waals surface area contributed by atoms with Crippen LogP contribution in [-0.2, 0) is 6.42 Å². The minimum Gasteiger partial charge on any atom is -0.395 e. The molecule has 17 heavy (non-hydrogen) atoms. The van der Waals surface area contributed by atoms with E-state index in [4.69, 9.17) is 5.11 Å². The number of hydrogen-bond acceptors (Lipinski definition) is 4. The maximum Gasteiger partial charge on any atom is 0.269 e. The molecule has 0 saturated carbocycles. The summed E-state index contributed by atoms with van der Waals surface area (Å²) in [6.45, 7) is 3.90. The number of nitrogens with zero attached hydrogens (tertiary/aromatic N) is 1. The molecule has 1 heterocycles. The third-order valence-corrected chi connectivity index (χ3v) is 3.77. The van der Waals surface area contributed by atoms with E-state index in [2.05, 4.69) is 15.3 Å². The Morgan fingerprint density at radius 1 is 1.71 bits per heavy atom. The topological polar surface area (TPSA) is 78.0 Å². The van der Waals surface area contributed by atoms with Gasteiger partial charge in [0, 0.05) is 17.7 Å². The van der Waals surface area contributed by atoms with E-state index in [1.165, 1.54) is 18.0 Å². The van der Waals surface area contributed by atoms with Gasteiger partial charge in [0.2, 0.25) is 0 Å². The number of imidazole rings is 1. The SMILES string of the molecule is CCc1ncc(C(=O)NC(C)C(CO)SC)[nH]1. The molecule has 2 unspecified atom stereocenters. The summed E-state index contributed by atoms with van der Waals surface area (Å²) in [4.78, 5) is 18.9. The number of carbonyl (C=O) groups is 1.